The van der Waals surface area contributed by atoms with Crippen molar-refractivity contribution in [1.82, 2.24) is 0 Å². The van der Waals surface area contributed by atoms with Gasteiger partial charge in [0, 0.05) is 0 Å². The molecule has 0 amide bonds. The van der Waals surface area contributed by atoms with Crippen molar-refractivity contribution in [2.24, 2.45) is 0 Å². The minimum atomic E-state index is -0.486. The SMILES string of the molecule is [Na+].[Na+].[O-]CC[O-]. The molecule has 0 aromatic heterocycles. The summed E-state index contributed by atoms with van der Waals surface area (Å²) in [6, 6.07) is 0. The summed E-state index contributed by atoms with van der Waals surface area (Å²) in [7, 11) is 0. The van der Waals surface area contributed by atoms with Crippen LogP contribution in [0, 0.1) is 0 Å². The molecule has 0 heterocycles. The number of rotatable bonds is 1. The van der Waals surface area contributed by atoms with Gasteiger partial charge in [-0.25, -0.2) is 0 Å². The summed E-state index contributed by atoms with van der Waals surface area (Å²) in [6.07, 6.45) is 0. The van der Waals surface area contributed by atoms with E-state index >= 15 is 0 Å². The molecule has 0 saturated heterocycles. The van der Waals surface area contributed by atoms with Crippen LogP contribution in [0.15, 0.2) is 0 Å². The van der Waals surface area contributed by atoms with Gasteiger partial charge in [0.1, 0.15) is 0 Å². The van der Waals surface area contributed by atoms with Crippen molar-refractivity contribution < 1.29 is 69.3 Å². The van der Waals surface area contributed by atoms with Crippen molar-refractivity contribution in [1.29, 1.82) is 0 Å². The van der Waals surface area contributed by atoms with Crippen molar-refractivity contribution in [2.75, 3.05) is 13.2 Å². The molecule has 2 nitrogen and oxygen atoms in total. The van der Waals surface area contributed by atoms with E-state index in [9.17, 15) is 0 Å². The van der Waals surface area contributed by atoms with Gasteiger partial charge in [0.15, 0.2) is 0 Å². The Bertz CT molecular complexity index is 11.5. The van der Waals surface area contributed by atoms with E-state index in [4.69, 9.17) is 10.2 Å². The van der Waals surface area contributed by atoms with Crippen LogP contribution in [0.3, 0.4) is 0 Å². The maximum absolute atomic E-state index is 8.99. The van der Waals surface area contributed by atoms with Crippen molar-refractivity contribution >= 4 is 0 Å². The molecule has 0 unspecified atom stereocenters. The van der Waals surface area contributed by atoms with E-state index in [2.05, 4.69) is 0 Å². The molecule has 0 aliphatic carbocycles. The Morgan fingerprint density at radius 3 is 1.00 bits per heavy atom. The fourth-order valence-corrected chi connectivity index (χ4v) is 0. The van der Waals surface area contributed by atoms with Crippen molar-refractivity contribution in [2.45, 2.75) is 0 Å². The quantitative estimate of drug-likeness (QED) is 0.312. The Balaban J connectivity index is -0.0000000450. The molecule has 0 aromatic carbocycles. The monoisotopic (exact) mass is 106 g/mol. The van der Waals surface area contributed by atoms with Gasteiger partial charge in [-0.1, -0.05) is 0 Å². The van der Waals surface area contributed by atoms with Crippen molar-refractivity contribution in [3.05, 3.63) is 0 Å². The average Bonchev–Trinajstić information content (AvgIpc) is 1.37. The maximum Gasteiger partial charge on any atom is 1.00 e. The van der Waals surface area contributed by atoms with E-state index in [-0.39, 0.29) is 59.1 Å². The molecular weight excluding hydrogens is 102 g/mol. The van der Waals surface area contributed by atoms with E-state index in [0.29, 0.717) is 0 Å². The van der Waals surface area contributed by atoms with Crippen LogP contribution in [0.5, 0.6) is 0 Å². The predicted molar refractivity (Wildman–Crippen MR) is 9.73 cm³/mol. The standard InChI is InChI=1S/C2H4O2.2Na/c3-1-2-4;;/h1-2H2;;/q-2;2*+1. The molecule has 6 heavy (non-hydrogen) atoms. The second kappa shape index (κ2) is 15.8. The van der Waals surface area contributed by atoms with Crippen LogP contribution in [0.1, 0.15) is 0 Å². The summed E-state index contributed by atoms with van der Waals surface area (Å²) in [5, 5.41) is 18.0. The molecule has 0 atom stereocenters. The Hall–Kier alpha value is 1.92. The zero-order chi connectivity index (χ0) is 3.41. The average molecular weight is 106 g/mol. The molecule has 0 aromatic rings. The summed E-state index contributed by atoms with van der Waals surface area (Å²) in [5.41, 5.74) is 0. The second-order valence-corrected chi connectivity index (χ2v) is 0.408. The predicted octanol–water partition coefficient (Wildman–Crippen LogP) is -8.29. The van der Waals surface area contributed by atoms with Crippen LogP contribution in [-0.2, 0) is 0 Å². The van der Waals surface area contributed by atoms with Crippen molar-refractivity contribution in [3.63, 3.8) is 0 Å². The van der Waals surface area contributed by atoms with Crippen LogP contribution >= 0.6 is 0 Å². The zero-order valence-electron chi connectivity index (χ0n) is 4.23. The van der Waals surface area contributed by atoms with E-state index in [1.54, 1.807) is 0 Å². The summed E-state index contributed by atoms with van der Waals surface area (Å²) in [4.78, 5) is 0. The van der Waals surface area contributed by atoms with Crippen LogP contribution in [0.2, 0.25) is 0 Å². The van der Waals surface area contributed by atoms with E-state index in [1.807, 2.05) is 0 Å². The molecule has 4 heteroatoms. The minimum Gasteiger partial charge on any atom is -0.855 e. The smallest absolute Gasteiger partial charge is 0.855 e. The Kier molecular flexibility index (Phi) is 41.2. The van der Waals surface area contributed by atoms with Gasteiger partial charge in [-0.3, -0.25) is 0 Å². The Labute approximate surface area is 81.5 Å². The van der Waals surface area contributed by atoms with Gasteiger partial charge >= 0.3 is 59.1 Å². The van der Waals surface area contributed by atoms with Crippen LogP contribution in [0.4, 0.5) is 0 Å². The third kappa shape index (κ3) is 16.8. The summed E-state index contributed by atoms with van der Waals surface area (Å²) in [6.45, 7) is -0.972. The molecule has 0 radical (unpaired) electrons. The molecule has 0 rings (SSSR count). The van der Waals surface area contributed by atoms with Crippen LogP contribution in [-0.4, -0.2) is 13.2 Å². The van der Waals surface area contributed by atoms with E-state index < -0.39 is 13.2 Å². The third-order valence-corrected chi connectivity index (χ3v) is 0.0833. The molecular formula is C2H4Na2O2. The minimum absolute atomic E-state index is 0. The van der Waals surface area contributed by atoms with Gasteiger partial charge < -0.3 is 10.2 Å². The van der Waals surface area contributed by atoms with Gasteiger partial charge in [0.2, 0.25) is 0 Å². The normalized spacial score (nSPS) is 5.00. The molecule has 0 bridgehead atoms. The van der Waals surface area contributed by atoms with Gasteiger partial charge in [-0.15, -0.1) is 0 Å². The number of hydrogen-bond acceptors (Lipinski definition) is 2. The summed E-state index contributed by atoms with van der Waals surface area (Å²) in [5.74, 6) is 0. The van der Waals surface area contributed by atoms with Crippen LogP contribution < -0.4 is 69.3 Å². The second-order valence-electron chi connectivity index (χ2n) is 0.408. The molecule has 0 fully saturated rings. The molecule has 0 aliphatic rings. The summed E-state index contributed by atoms with van der Waals surface area (Å²) >= 11 is 0. The molecule has 0 N–H and O–H groups in total. The summed E-state index contributed by atoms with van der Waals surface area (Å²) < 4.78 is 0. The molecule has 0 saturated carbocycles. The number of hydrogen-bond donors (Lipinski definition) is 0. The first-order valence-corrected chi connectivity index (χ1v) is 1.08. The maximum atomic E-state index is 8.99. The van der Waals surface area contributed by atoms with E-state index in [1.165, 1.54) is 0 Å². The first-order valence-electron chi connectivity index (χ1n) is 1.08. The van der Waals surface area contributed by atoms with Gasteiger partial charge in [0.25, 0.3) is 0 Å². The molecule has 0 aliphatic heterocycles. The van der Waals surface area contributed by atoms with E-state index in [0.717, 1.165) is 0 Å². The molecule has 0 spiro atoms. The third-order valence-electron chi connectivity index (χ3n) is 0.0833. The van der Waals surface area contributed by atoms with Crippen molar-refractivity contribution in [3.8, 4) is 0 Å². The zero-order valence-corrected chi connectivity index (χ0v) is 8.23. The first kappa shape index (κ1) is 15.7. The first-order chi connectivity index (χ1) is 1.91. The Morgan fingerprint density at radius 1 is 0.833 bits per heavy atom. The molecule has 26 valence electrons. The van der Waals surface area contributed by atoms with Gasteiger partial charge in [-0.2, -0.15) is 13.2 Å². The van der Waals surface area contributed by atoms with Gasteiger partial charge in [0.05, 0.1) is 0 Å². The Morgan fingerprint density at radius 2 is 1.00 bits per heavy atom. The topological polar surface area (TPSA) is 46.1 Å². The van der Waals surface area contributed by atoms with Crippen LogP contribution in [0.25, 0.3) is 0 Å². The van der Waals surface area contributed by atoms with Gasteiger partial charge in [-0.05, 0) is 0 Å². The largest absolute Gasteiger partial charge is 1.00 e. The fourth-order valence-electron chi connectivity index (χ4n) is 0. The fraction of sp³-hybridized carbons (Fsp3) is 1.00.